The molecule has 0 spiro atoms. The highest BCUT2D eigenvalue weighted by atomic mass is 16.5. The molecule has 3 N–H and O–H groups in total. The molecule has 0 aliphatic carbocycles. The molecule has 0 aromatic rings. The van der Waals surface area contributed by atoms with Crippen LogP contribution in [-0.2, 0) is 14.3 Å². The van der Waals surface area contributed by atoms with Crippen LogP contribution in [0.15, 0.2) is 36.5 Å². The predicted molar refractivity (Wildman–Crippen MR) is 278 cm³/mol. The van der Waals surface area contributed by atoms with Gasteiger partial charge in [-0.1, -0.05) is 256 Å². The number of unbranched alkanes of at least 4 members (excludes halogenated alkanes) is 37. The van der Waals surface area contributed by atoms with Gasteiger partial charge in [-0.25, -0.2) is 0 Å². The van der Waals surface area contributed by atoms with Crippen molar-refractivity contribution in [2.75, 3.05) is 13.2 Å². The molecule has 0 bridgehead atoms. The summed E-state index contributed by atoms with van der Waals surface area (Å²) in [6.45, 7) is 4.82. The molecule has 0 fully saturated rings. The molecule has 0 heterocycles. The summed E-state index contributed by atoms with van der Waals surface area (Å²) >= 11 is 0. The van der Waals surface area contributed by atoms with Crippen molar-refractivity contribution in [1.29, 1.82) is 0 Å². The van der Waals surface area contributed by atoms with Gasteiger partial charge in [0.1, 0.15) is 0 Å². The fourth-order valence-electron chi connectivity index (χ4n) is 8.55. The Labute approximate surface area is 398 Å². The number of nitrogens with one attached hydrogen (secondary N) is 1. The van der Waals surface area contributed by atoms with Gasteiger partial charge in [-0.3, -0.25) is 9.59 Å². The van der Waals surface area contributed by atoms with Crippen molar-refractivity contribution in [1.82, 2.24) is 5.32 Å². The standard InChI is InChI=1S/C58H109NO5/c1-3-5-7-9-11-13-15-17-19-21-22-23-24-26-27-29-31-34-38-42-46-50-56(61)55(54-60)59-57(62)51-47-43-39-35-33-37-41-45-49-53-64-58(63)52-48-44-40-36-32-30-28-25-20-18-16-14-12-10-8-6-4-2/h12,14,18,20,46,50,55-56,60-61H,3-11,13,15-17,19,21-45,47-49,51-54H2,1-2H3,(H,59,62)/b14-12-,20-18-,50-46+. The zero-order valence-electron chi connectivity index (χ0n) is 42.8. The maximum Gasteiger partial charge on any atom is 0.305 e. The first kappa shape index (κ1) is 62.1. The fourth-order valence-corrected chi connectivity index (χ4v) is 8.55. The molecule has 0 saturated carbocycles. The summed E-state index contributed by atoms with van der Waals surface area (Å²) in [5.74, 6) is -0.129. The lowest BCUT2D eigenvalue weighted by Crippen LogP contribution is -2.45. The fraction of sp³-hybridized carbons (Fsp3) is 0.862. The number of carbonyl (C=O) groups is 2. The number of esters is 1. The molecular formula is C58H109NO5. The van der Waals surface area contributed by atoms with Crippen molar-refractivity contribution in [3.63, 3.8) is 0 Å². The molecule has 0 rings (SSSR count). The lowest BCUT2D eigenvalue weighted by Gasteiger charge is -2.20. The second-order valence-corrected chi connectivity index (χ2v) is 19.3. The zero-order valence-corrected chi connectivity index (χ0v) is 42.8. The van der Waals surface area contributed by atoms with Crippen LogP contribution in [0.2, 0.25) is 0 Å². The van der Waals surface area contributed by atoms with E-state index in [1.807, 2.05) is 6.08 Å². The van der Waals surface area contributed by atoms with Crippen LogP contribution in [0, 0.1) is 0 Å². The summed E-state index contributed by atoms with van der Waals surface area (Å²) in [5, 5.41) is 23.1. The highest BCUT2D eigenvalue weighted by Crippen LogP contribution is 2.16. The molecule has 1 amide bonds. The number of amides is 1. The van der Waals surface area contributed by atoms with Gasteiger partial charge in [-0.2, -0.15) is 0 Å². The number of hydrogen-bond acceptors (Lipinski definition) is 5. The van der Waals surface area contributed by atoms with Gasteiger partial charge in [-0.15, -0.1) is 0 Å². The van der Waals surface area contributed by atoms with E-state index >= 15 is 0 Å². The first-order valence-corrected chi connectivity index (χ1v) is 28.3. The zero-order chi connectivity index (χ0) is 46.5. The van der Waals surface area contributed by atoms with E-state index in [9.17, 15) is 19.8 Å². The SMILES string of the molecule is CCCCC/C=C\C/C=C\CCCCCCCCCC(=O)OCCCCCCCCCCCC(=O)NC(CO)C(O)/C=C/CCCCCCCCCCCCCCCCCCCCC. The number of rotatable bonds is 52. The van der Waals surface area contributed by atoms with Crippen LogP contribution in [0.25, 0.3) is 0 Å². The summed E-state index contributed by atoms with van der Waals surface area (Å²) in [4.78, 5) is 24.5. The summed E-state index contributed by atoms with van der Waals surface area (Å²) in [6.07, 6.45) is 65.8. The third-order valence-electron chi connectivity index (χ3n) is 12.9. The van der Waals surface area contributed by atoms with Crippen LogP contribution in [-0.4, -0.2) is 47.4 Å². The van der Waals surface area contributed by atoms with Crippen molar-refractivity contribution in [3.8, 4) is 0 Å². The van der Waals surface area contributed by atoms with Crippen LogP contribution in [0.5, 0.6) is 0 Å². The Bertz CT molecular complexity index is 1040. The topological polar surface area (TPSA) is 95.9 Å². The van der Waals surface area contributed by atoms with Gasteiger partial charge in [0, 0.05) is 12.8 Å². The molecule has 64 heavy (non-hydrogen) atoms. The van der Waals surface area contributed by atoms with Gasteiger partial charge in [0.15, 0.2) is 0 Å². The maximum absolute atomic E-state index is 12.5. The molecule has 0 saturated heterocycles. The minimum atomic E-state index is -0.864. The van der Waals surface area contributed by atoms with Gasteiger partial charge in [-0.05, 0) is 64.2 Å². The average Bonchev–Trinajstić information content (AvgIpc) is 3.29. The molecule has 0 radical (unpaired) electrons. The van der Waals surface area contributed by atoms with E-state index in [1.165, 1.54) is 205 Å². The maximum atomic E-state index is 12.5. The molecule has 0 aliphatic heterocycles. The molecular weight excluding hydrogens is 791 g/mol. The van der Waals surface area contributed by atoms with E-state index in [-0.39, 0.29) is 18.5 Å². The van der Waals surface area contributed by atoms with Crippen LogP contribution < -0.4 is 5.32 Å². The van der Waals surface area contributed by atoms with E-state index < -0.39 is 12.1 Å². The number of carbonyl (C=O) groups excluding carboxylic acids is 2. The van der Waals surface area contributed by atoms with Gasteiger partial charge in [0.25, 0.3) is 0 Å². The molecule has 0 aliphatic rings. The molecule has 6 heteroatoms. The highest BCUT2D eigenvalue weighted by Gasteiger charge is 2.18. The van der Waals surface area contributed by atoms with E-state index in [0.717, 1.165) is 64.2 Å². The second-order valence-electron chi connectivity index (χ2n) is 19.3. The minimum absolute atomic E-state index is 0.0347. The van der Waals surface area contributed by atoms with Crippen molar-refractivity contribution in [3.05, 3.63) is 36.5 Å². The largest absolute Gasteiger partial charge is 0.466 e. The smallest absolute Gasteiger partial charge is 0.305 e. The molecule has 0 aromatic heterocycles. The van der Waals surface area contributed by atoms with Gasteiger partial charge >= 0.3 is 5.97 Å². The number of ether oxygens (including phenoxy) is 1. The third kappa shape index (κ3) is 49.5. The summed E-state index contributed by atoms with van der Waals surface area (Å²) in [7, 11) is 0. The van der Waals surface area contributed by atoms with Crippen molar-refractivity contribution in [2.45, 2.75) is 309 Å². The first-order chi connectivity index (χ1) is 31.5. The van der Waals surface area contributed by atoms with E-state index in [2.05, 4.69) is 43.5 Å². The van der Waals surface area contributed by atoms with Crippen LogP contribution in [0.4, 0.5) is 0 Å². The van der Waals surface area contributed by atoms with Gasteiger partial charge in [0.2, 0.25) is 5.91 Å². The Morgan fingerprint density at radius 3 is 1.22 bits per heavy atom. The van der Waals surface area contributed by atoms with Crippen molar-refractivity contribution < 1.29 is 24.5 Å². The van der Waals surface area contributed by atoms with E-state index in [0.29, 0.717) is 19.4 Å². The first-order valence-electron chi connectivity index (χ1n) is 28.3. The van der Waals surface area contributed by atoms with Crippen LogP contribution in [0.3, 0.4) is 0 Å². The normalized spacial score (nSPS) is 12.9. The minimum Gasteiger partial charge on any atom is -0.466 e. The van der Waals surface area contributed by atoms with E-state index in [1.54, 1.807) is 6.08 Å². The number of hydrogen-bond donors (Lipinski definition) is 3. The Morgan fingerprint density at radius 1 is 0.438 bits per heavy atom. The second kappa shape index (κ2) is 53.7. The number of allylic oxidation sites excluding steroid dienone is 5. The number of aliphatic hydroxyl groups is 2. The Kier molecular flexibility index (Phi) is 52.1. The average molecular weight is 901 g/mol. The Balaban J connectivity index is 3.52. The summed E-state index contributed by atoms with van der Waals surface area (Å²) < 4.78 is 5.46. The van der Waals surface area contributed by atoms with Crippen LogP contribution >= 0.6 is 0 Å². The van der Waals surface area contributed by atoms with Crippen molar-refractivity contribution >= 4 is 11.9 Å². The summed E-state index contributed by atoms with van der Waals surface area (Å²) in [5.41, 5.74) is 0. The summed E-state index contributed by atoms with van der Waals surface area (Å²) in [6, 6.07) is -0.650. The molecule has 2 unspecified atom stereocenters. The van der Waals surface area contributed by atoms with Crippen molar-refractivity contribution in [2.24, 2.45) is 0 Å². The lowest BCUT2D eigenvalue weighted by molar-refractivity contribution is -0.143. The molecule has 2 atom stereocenters. The Hall–Kier alpha value is -1.92. The molecule has 376 valence electrons. The van der Waals surface area contributed by atoms with Gasteiger partial charge in [0.05, 0.1) is 25.4 Å². The van der Waals surface area contributed by atoms with E-state index in [4.69, 9.17) is 4.74 Å². The Morgan fingerprint density at radius 2 is 0.781 bits per heavy atom. The van der Waals surface area contributed by atoms with Gasteiger partial charge < -0.3 is 20.3 Å². The molecule has 6 nitrogen and oxygen atoms in total. The van der Waals surface area contributed by atoms with Crippen LogP contribution in [0.1, 0.15) is 296 Å². The molecule has 0 aromatic carbocycles. The monoisotopic (exact) mass is 900 g/mol. The predicted octanol–water partition coefficient (Wildman–Crippen LogP) is 17.2. The third-order valence-corrected chi connectivity index (χ3v) is 12.9. The lowest BCUT2D eigenvalue weighted by atomic mass is 10.0. The highest BCUT2D eigenvalue weighted by molar-refractivity contribution is 5.76. The number of aliphatic hydroxyl groups excluding tert-OH is 2. The quantitative estimate of drug-likeness (QED) is 0.0321.